The van der Waals surface area contributed by atoms with E-state index in [4.69, 9.17) is 11.6 Å². The van der Waals surface area contributed by atoms with Crippen molar-refractivity contribution in [1.82, 2.24) is 10.2 Å². The molecule has 112 valence electrons. The molecule has 3 nitrogen and oxygen atoms in total. The van der Waals surface area contributed by atoms with E-state index in [0.29, 0.717) is 6.04 Å². The van der Waals surface area contributed by atoms with Crippen molar-refractivity contribution in [3.8, 4) is 0 Å². The molecule has 1 saturated heterocycles. The summed E-state index contributed by atoms with van der Waals surface area (Å²) in [5.41, 5.74) is 2.53. The SMILES string of the molecule is CCCNCc1c(Cl)cccc1N1CCN(C)C(C)C1. The van der Waals surface area contributed by atoms with Crippen LogP contribution in [0.15, 0.2) is 18.2 Å². The van der Waals surface area contributed by atoms with E-state index in [1.54, 1.807) is 0 Å². The maximum Gasteiger partial charge on any atom is 0.0471 e. The molecule has 1 aliphatic rings. The normalized spacial score (nSPS) is 20.4. The van der Waals surface area contributed by atoms with Crippen LogP contribution in [0.3, 0.4) is 0 Å². The largest absolute Gasteiger partial charge is 0.368 e. The summed E-state index contributed by atoms with van der Waals surface area (Å²) in [6.45, 7) is 9.59. The molecule has 1 atom stereocenters. The smallest absolute Gasteiger partial charge is 0.0471 e. The number of halogens is 1. The number of hydrogen-bond donors (Lipinski definition) is 1. The van der Waals surface area contributed by atoms with Crippen molar-refractivity contribution in [2.45, 2.75) is 32.9 Å². The third-order valence-electron chi connectivity index (χ3n) is 4.12. The lowest BCUT2D eigenvalue weighted by Crippen LogP contribution is -2.50. The second-order valence-corrected chi connectivity index (χ2v) is 6.10. The third kappa shape index (κ3) is 3.66. The number of nitrogens with one attached hydrogen (secondary N) is 1. The predicted molar refractivity (Wildman–Crippen MR) is 87.8 cm³/mol. The minimum atomic E-state index is 0.583. The lowest BCUT2D eigenvalue weighted by molar-refractivity contribution is 0.234. The summed E-state index contributed by atoms with van der Waals surface area (Å²) in [6, 6.07) is 6.84. The van der Waals surface area contributed by atoms with Crippen molar-refractivity contribution in [2.24, 2.45) is 0 Å². The molecule has 0 radical (unpaired) electrons. The number of likely N-dealkylation sites (N-methyl/N-ethyl adjacent to an activating group) is 1. The van der Waals surface area contributed by atoms with Gasteiger partial charge in [0.25, 0.3) is 0 Å². The first-order valence-corrected chi connectivity index (χ1v) is 7.94. The van der Waals surface area contributed by atoms with Crippen molar-refractivity contribution in [3.05, 3.63) is 28.8 Å². The minimum absolute atomic E-state index is 0.583. The molecule has 1 N–H and O–H groups in total. The Bertz CT molecular complexity index is 436. The molecule has 1 unspecified atom stereocenters. The fraction of sp³-hybridized carbons (Fsp3) is 0.625. The van der Waals surface area contributed by atoms with Gasteiger partial charge >= 0.3 is 0 Å². The molecule has 0 aromatic heterocycles. The maximum absolute atomic E-state index is 6.42. The van der Waals surface area contributed by atoms with Crippen molar-refractivity contribution < 1.29 is 0 Å². The van der Waals surface area contributed by atoms with E-state index in [1.807, 2.05) is 6.07 Å². The first-order chi connectivity index (χ1) is 9.63. The second kappa shape index (κ2) is 7.30. The number of rotatable bonds is 5. The predicted octanol–water partition coefficient (Wildman–Crippen LogP) is 2.98. The zero-order chi connectivity index (χ0) is 14.5. The average molecular weight is 296 g/mol. The Balaban J connectivity index is 2.16. The zero-order valence-corrected chi connectivity index (χ0v) is 13.6. The van der Waals surface area contributed by atoms with Crippen LogP contribution in [0.4, 0.5) is 5.69 Å². The summed E-state index contributed by atoms with van der Waals surface area (Å²) in [4.78, 5) is 4.88. The van der Waals surface area contributed by atoms with Crippen LogP contribution in [0.2, 0.25) is 5.02 Å². The van der Waals surface area contributed by atoms with Crippen molar-refractivity contribution >= 4 is 17.3 Å². The molecule has 1 heterocycles. The van der Waals surface area contributed by atoms with Crippen LogP contribution in [0.25, 0.3) is 0 Å². The minimum Gasteiger partial charge on any atom is -0.368 e. The van der Waals surface area contributed by atoms with Gasteiger partial charge in [-0.2, -0.15) is 0 Å². The van der Waals surface area contributed by atoms with E-state index in [2.05, 4.69) is 48.1 Å². The monoisotopic (exact) mass is 295 g/mol. The summed E-state index contributed by atoms with van der Waals surface area (Å²) in [5, 5.41) is 4.34. The Labute approximate surface area is 127 Å². The van der Waals surface area contributed by atoms with Crippen LogP contribution < -0.4 is 10.2 Å². The van der Waals surface area contributed by atoms with Gasteiger partial charge in [0.2, 0.25) is 0 Å². The molecule has 2 rings (SSSR count). The molecule has 1 aliphatic heterocycles. The van der Waals surface area contributed by atoms with E-state index in [1.165, 1.54) is 11.3 Å². The summed E-state index contributed by atoms with van der Waals surface area (Å²) in [5.74, 6) is 0. The lowest BCUT2D eigenvalue weighted by atomic mass is 10.1. The summed E-state index contributed by atoms with van der Waals surface area (Å²) in [6.07, 6.45) is 1.14. The van der Waals surface area contributed by atoms with Gasteiger partial charge in [0.1, 0.15) is 0 Å². The van der Waals surface area contributed by atoms with Crippen molar-refractivity contribution in [2.75, 3.05) is 38.1 Å². The summed E-state index contributed by atoms with van der Waals surface area (Å²) >= 11 is 6.42. The molecule has 0 spiro atoms. The van der Waals surface area contributed by atoms with Crippen LogP contribution >= 0.6 is 11.6 Å². The first kappa shape index (κ1) is 15.6. The van der Waals surface area contributed by atoms with E-state index in [-0.39, 0.29) is 0 Å². The topological polar surface area (TPSA) is 18.5 Å². The summed E-state index contributed by atoms with van der Waals surface area (Å²) in [7, 11) is 2.20. The molecular formula is C16H26ClN3. The molecule has 0 bridgehead atoms. The highest BCUT2D eigenvalue weighted by atomic mass is 35.5. The van der Waals surface area contributed by atoms with E-state index >= 15 is 0 Å². The highest BCUT2D eigenvalue weighted by Crippen LogP contribution is 2.29. The van der Waals surface area contributed by atoms with Gasteiger partial charge in [0.05, 0.1) is 0 Å². The average Bonchev–Trinajstić information content (AvgIpc) is 2.44. The first-order valence-electron chi connectivity index (χ1n) is 7.56. The number of benzene rings is 1. The Hall–Kier alpha value is -0.770. The van der Waals surface area contributed by atoms with Gasteiger partial charge in [-0.1, -0.05) is 24.6 Å². The van der Waals surface area contributed by atoms with Gasteiger partial charge in [0.15, 0.2) is 0 Å². The van der Waals surface area contributed by atoms with E-state index in [9.17, 15) is 0 Å². The van der Waals surface area contributed by atoms with Crippen LogP contribution in [-0.2, 0) is 6.54 Å². The lowest BCUT2D eigenvalue weighted by Gasteiger charge is -2.40. The van der Waals surface area contributed by atoms with E-state index < -0.39 is 0 Å². The fourth-order valence-electron chi connectivity index (χ4n) is 2.68. The quantitative estimate of drug-likeness (QED) is 0.843. The third-order valence-corrected chi connectivity index (χ3v) is 4.48. The Morgan fingerprint density at radius 3 is 2.85 bits per heavy atom. The van der Waals surface area contributed by atoms with Crippen LogP contribution in [0.1, 0.15) is 25.8 Å². The Kier molecular flexibility index (Phi) is 5.70. The van der Waals surface area contributed by atoms with Crippen LogP contribution in [0, 0.1) is 0 Å². The number of piperazine rings is 1. The number of anilines is 1. The molecule has 1 aromatic rings. The summed E-state index contributed by atoms with van der Waals surface area (Å²) < 4.78 is 0. The van der Waals surface area contributed by atoms with Crippen LogP contribution in [-0.4, -0.2) is 44.2 Å². The molecule has 1 fully saturated rings. The molecule has 0 aliphatic carbocycles. The number of nitrogens with zero attached hydrogens (tertiary/aromatic N) is 2. The van der Waals surface area contributed by atoms with Gasteiger partial charge in [-0.05, 0) is 39.1 Å². The maximum atomic E-state index is 6.42. The standard InChI is InChI=1S/C16H26ClN3/c1-4-8-18-11-14-15(17)6-5-7-16(14)20-10-9-19(3)13(2)12-20/h5-7,13,18H,4,8-12H2,1-3H3. The molecule has 1 aromatic carbocycles. The van der Waals surface area contributed by atoms with E-state index in [0.717, 1.165) is 44.2 Å². The van der Waals surface area contributed by atoms with Gasteiger partial charge in [-0.15, -0.1) is 0 Å². The van der Waals surface area contributed by atoms with Gasteiger partial charge in [0, 0.05) is 48.5 Å². The number of hydrogen-bond acceptors (Lipinski definition) is 3. The Morgan fingerprint density at radius 2 is 2.15 bits per heavy atom. The zero-order valence-electron chi connectivity index (χ0n) is 12.8. The van der Waals surface area contributed by atoms with Gasteiger partial charge in [-0.25, -0.2) is 0 Å². The highest BCUT2D eigenvalue weighted by Gasteiger charge is 2.22. The van der Waals surface area contributed by atoms with Crippen LogP contribution in [0.5, 0.6) is 0 Å². The molecule has 4 heteroatoms. The van der Waals surface area contributed by atoms with Crippen molar-refractivity contribution in [1.29, 1.82) is 0 Å². The molecule has 20 heavy (non-hydrogen) atoms. The van der Waals surface area contributed by atoms with Gasteiger partial charge in [-0.3, -0.25) is 0 Å². The Morgan fingerprint density at radius 1 is 1.35 bits per heavy atom. The molecule has 0 saturated carbocycles. The molecule has 0 amide bonds. The fourth-order valence-corrected chi connectivity index (χ4v) is 2.91. The highest BCUT2D eigenvalue weighted by molar-refractivity contribution is 6.31. The van der Waals surface area contributed by atoms with Gasteiger partial charge < -0.3 is 15.1 Å². The van der Waals surface area contributed by atoms with Crippen molar-refractivity contribution in [3.63, 3.8) is 0 Å². The second-order valence-electron chi connectivity index (χ2n) is 5.69. The molecular weight excluding hydrogens is 270 g/mol.